The molecule has 7 heteroatoms. The van der Waals surface area contributed by atoms with Gasteiger partial charge >= 0.3 is 5.97 Å². The first kappa shape index (κ1) is 21.9. The second kappa shape index (κ2) is 10.8. The number of rotatable bonds is 10. The zero-order chi connectivity index (χ0) is 21.2. The van der Waals surface area contributed by atoms with Crippen molar-refractivity contribution < 1.29 is 28.6 Å². The second-order valence-electron chi connectivity index (χ2n) is 6.35. The third kappa shape index (κ3) is 6.95. The van der Waals surface area contributed by atoms with Crippen molar-refractivity contribution in [1.82, 2.24) is 0 Å². The molecule has 0 aliphatic carbocycles. The first-order valence-corrected chi connectivity index (χ1v) is 9.28. The molecule has 0 aromatic heterocycles. The van der Waals surface area contributed by atoms with Crippen LogP contribution in [0.25, 0.3) is 0 Å². The van der Waals surface area contributed by atoms with Gasteiger partial charge in [0.05, 0.1) is 19.4 Å². The molecule has 1 N–H and O–H groups in total. The second-order valence-corrected chi connectivity index (χ2v) is 6.35. The van der Waals surface area contributed by atoms with Gasteiger partial charge in [0, 0.05) is 12.0 Å². The van der Waals surface area contributed by atoms with Crippen molar-refractivity contribution in [2.75, 3.05) is 19.0 Å². The fourth-order valence-corrected chi connectivity index (χ4v) is 2.48. The molecule has 2 rings (SSSR count). The van der Waals surface area contributed by atoms with Crippen molar-refractivity contribution in [3.05, 3.63) is 54.1 Å². The van der Waals surface area contributed by atoms with E-state index in [4.69, 9.17) is 14.2 Å². The molecule has 1 amide bonds. The topological polar surface area (TPSA) is 90.9 Å². The molecule has 0 aliphatic rings. The molecule has 2 aromatic carbocycles. The van der Waals surface area contributed by atoms with Gasteiger partial charge in [-0.05, 0) is 56.7 Å². The molecule has 0 fully saturated rings. The van der Waals surface area contributed by atoms with Crippen LogP contribution in [-0.4, -0.2) is 37.5 Å². The lowest BCUT2D eigenvalue weighted by atomic mass is 10.1. The number of esters is 1. The van der Waals surface area contributed by atoms with Crippen molar-refractivity contribution in [3.63, 3.8) is 0 Å². The molecular formula is C22H25NO6. The number of hydrogen-bond donors (Lipinski definition) is 1. The molecule has 0 spiro atoms. The molecule has 0 saturated carbocycles. The summed E-state index contributed by atoms with van der Waals surface area (Å²) >= 11 is 0. The van der Waals surface area contributed by atoms with Gasteiger partial charge in [-0.3, -0.25) is 14.4 Å². The molecule has 0 radical (unpaired) electrons. The van der Waals surface area contributed by atoms with Crippen LogP contribution in [0.15, 0.2) is 48.5 Å². The van der Waals surface area contributed by atoms with E-state index < -0.39 is 18.0 Å². The molecular weight excluding hydrogens is 374 g/mol. The maximum Gasteiger partial charge on any atom is 0.306 e. The number of benzene rings is 2. The summed E-state index contributed by atoms with van der Waals surface area (Å²) in [5.41, 5.74) is 1.12. The van der Waals surface area contributed by atoms with Crippen LogP contribution in [0.1, 0.15) is 37.0 Å². The van der Waals surface area contributed by atoms with E-state index in [0.29, 0.717) is 35.8 Å². The van der Waals surface area contributed by atoms with Crippen LogP contribution < -0.4 is 14.8 Å². The fourth-order valence-electron chi connectivity index (χ4n) is 2.48. The van der Waals surface area contributed by atoms with Gasteiger partial charge in [-0.2, -0.15) is 0 Å². The Balaban J connectivity index is 1.71. The monoisotopic (exact) mass is 399 g/mol. The van der Waals surface area contributed by atoms with Crippen LogP contribution >= 0.6 is 0 Å². The summed E-state index contributed by atoms with van der Waals surface area (Å²) in [6.45, 7) is 3.32. The Morgan fingerprint density at radius 1 is 1.03 bits per heavy atom. The largest absolute Gasteiger partial charge is 0.495 e. The summed E-state index contributed by atoms with van der Waals surface area (Å²) in [5, 5.41) is 2.68. The minimum absolute atomic E-state index is 0.0110. The fraction of sp³-hybridized carbons (Fsp3) is 0.318. The number of hydrogen-bond acceptors (Lipinski definition) is 6. The van der Waals surface area contributed by atoms with Gasteiger partial charge < -0.3 is 19.5 Å². The quantitative estimate of drug-likeness (QED) is 0.373. The Morgan fingerprint density at radius 2 is 1.72 bits per heavy atom. The number of nitrogens with one attached hydrogen (secondary N) is 1. The first-order chi connectivity index (χ1) is 13.9. The van der Waals surface area contributed by atoms with Gasteiger partial charge in [-0.25, -0.2) is 0 Å². The number of Topliss-reactive ketones (excluding diaryl/α,β-unsaturated/α-hetero) is 1. The molecule has 0 saturated heterocycles. The summed E-state index contributed by atoms with van der Waals surface area (Å²) in [6, 6.07) is 13.8. The lowest BCUT2D eigenvalue weighted by Gasteiger charge is -2.15. The predicted molar refractivity (Wildman–Crippen MR) is 108 cm³/mol. The average Bonchev–Trinajstić information content (AvgIpc) is 2.71. The minimum atomic E-state index is -0.938. The zero-order valence-electron chi connectivity index (χ0n) is 16.8. The third-order valence-electron chi connectivity index (χ3n) is 4.10. The van der Waals surface area contributed by atoms with Gasteiger partial charge in [0.15, 0.2) is 11.9 Å². The van der Waals surface area contributed by atoms with Crippen LogP contribution in [0.3, 0.4) is 0 Å². The summed E-state index contributed by atoms with van der Waals surface area (Å²) in [4.78, 5) is 35.4. The zero-order valence-corrected chi connectivity index (χ0v) is 16.8. The Hall–Kier alpha value is -3.35. The number of ether oxygens (including phenoxy) is 3. The van der Waals surface area contributed by atoms with E-state index in [9.17, 15) is 14.4 Å². The van der Waals surface area contributed by atoms with Crippen molar-refractivity contribution in [2.45, 2.75) is 32.8 Å². The molecule has 0 heterocycles. The number of carbonyl (C=O) groups is 3. The SMILES string of the molecule is COc1ccccc1NC(=O)[C@@H](C)OC(=O)CCCOc1ccc(C(C)=O)cc1. The summed E-state index contributed by atoms with van der Waals surface area (Å²) in [7, 11) is 1.51. The van der Waals surface area contributed by atoms with E-state index in [0.717, 1.165) is 0 Å². The van der Waals surface area contributed by atoms with Crippen LogP contribution in [0.4, 0.5) is 5.69 Å². The van der Waals surface area contributed by atoms with Crippen molar-refractivity contribution in [3.8, 4) is 11.5 Å². The van der Waals surface area contributed by atoms with E-state index in [1.54, 1.807) is 48.5 Å². The van der Waals surface area contributed by atoms with Crippen molar-refractivity contribution in [2.24, 2.45) is 0 Å². The number of anilines is 1. The molecule has 154 valence electrons. The van der Waals surface area contributed by atoms with Crippen LogP contribution in [0.5, 0.6) is 11.5 Å². The summed E-state index contributed by atoms with van der Waals surface area (Å²) in [5.74, 6) is 0.205. The van der Waals surface area contributed by atoms with E-state index in [1.165, 1.54) is 21.0 Å². The van der Waals surface area contributed by atoms with Crippen molar-refractivity contribution in [1.29, 1.82) is 0 Å². The Morgan fingerprint density at radius 3 is 2.38 bits per heavy atom. The van der Waals surface area contributed by atoms with E-state index in [-0.39, 0.29) is 12.2 Å². The van der Waals surface area contributed by atoms with Crippen molar-refractivity contribution >= 4 is 23.3 Å². The molecule has 29 heavy (non-hydrogen) atoms. The number of ketones is 1. The minimum Gasteiger partial charge on any atom is -0.495 e. The standard InChI is InChI=1S/C22H25NO6/c1-15(24)17-10-12-18(13-11-17)28-14-6-9-21(25)29-16(2)22(26)23-19-7-4-5-8-20(19)27-3/h4-5,7-8,10-13,16H,6,9,14H2,1-3H3,(H,23,26)/t16-/m1/s1. The van der Waals surface area contributed by atoms with Crippen LogP contribution in [0, 0.1) is 0 Å². The van der Waals surface area contributed by atoms with E-state index in [1.807, 2.05) is 0 Å². The summed E-state index contributed by atoms with van der Waals surface area (Å²) < 4.78 is 15.9. The van der Waals surface area contributed by atoms with Gasteiger partial charge in [0.25, 0.3) is 5.91 Å². The highest BCUT2D eigenvalue weighted by molar-refractivity contribution is 5.96. The Labute approximate surface area is 170 Å². The lowest BCUT2D eigenvalue weighted by Crippen LogP contribution is -2.30. The van der Waals surface area contributed by atoms with Gasteiger partial charge in [-0.15, -0.1) is 0 Å². The number of methoxy groups -OCH3 is 1. The average molecular weight is 399 g/mol. The maximum atomic E-state index is 12.2. The van der Waals surface area contributed by atoms with E-state index in [2.05, 4.69) is 5.32 Å². The van der Waals surface area contributed by atoms with Gasteiger partial charge in [0.1, 0.15) is 11.5 Å². The lowest BCUT2D eigenvalue weighted by molar-refractivity contribution is -0.153. The maximum absolute atomic E-state index is 12.2. The number of amides is 1. The van der Waals surface area contributed by atoms with E-state index >= 15 is 0 Å². The molecule has 0 aliphatic heterocycles. The smallest absolute Gasteiger partial charge is 0.306 e. The molecule has 0 unspecified atom stereocenters. The van der Waals surface area contributed by atoms with Gasteiger partial charge in [0.2, 0.25) is 0 Å². The molecule has 1 atom stereocenters. The predicted octanol–water partition coefficient (Wildman–Crippen LogP) is 3.63. The Bertz CT molecular complexity index is 847. The molecule has 2 aromatic rings. The number of carbonyl (C=O) groups excluding carboxylic acids is 3. The Kier molecular flexibility index (Phi) is 8.21. The normalized spacial score (nSPS) is 11.3. The van der Waals surface area contributed by atoms with Gasteiger partial charge in [-0.1, -0.05) is 12.1 Å². The summed E-state index contributed by atoms with van der Waals surface area (Å²) in [6.07, 6.45) is -0.376. The third-order valence-corrected chi connectivity index (χ3v) is 4.10. The number of para-hydroxylation sites is 2. The molecule has 7 nitrogen and oxygen atoms in total. The highest BCUT2D eigenvalue weighted by Gasteiger charge is 2.19. The highest BCUT2D eigenvalue weighted by Crippen LogP contribution is 2.23. The van der Waals surface area contributed by atoms with Crippen LogP contribution in [0.2, 0.25) is 0 Å². The highest BCUT2D eigenvalue weighted by atomic mass is 16.5. The van der Waals surface area contributed by atoms with Crippen LogP contribution in [-0.2, 0) is 14.3 Å². The first-order valence-electron chi connectivity index (χ1n) is 9.28. The molecule has 0 bridgehead atoms.